The summed E-state index contributed by atoms with van der Waals surface area (Å²) < 4.78 is 0. The van der Waals surface area contributed by atoms with E-state index in [2.05, 4.69) is 38.0 Å². The number of carbonyl (C=O) groups is 1. The van der Waals surface area contributed by atoms with Crippen LogP contribution in [0, 0.1) is 12.3 Å². The van der Waals surface area contributed by atoms with Crippen molar-refractivity contribution in [3.05, 3.63) is 15.6 Å². The maximum Gasteiger partial charge on any atom is 0.263 e. The van der Waals surface area contributed by atoms with Crippen molar-refractivity contribution in [2.75, 3.05) is 6.54 Å². The lowest BCUT2D eigenvalue weighted by Gasteiger charge is -2.17. The Morgan fingerprint density at radius 2 is 2.06 bits per heavy atom. The number of nitrogens with one attached hydrogen (secondary N) is 1. The van der Waals surface area contributed by atoms with Gasteiger partial charge in [0.2, 0.25) is 0 Å². The number of amides is 1. The number of nitrogens with zero attached hydrogens (tertiary/aromatic N) is 1. The average molecular weight is 268 g/mol. The van der Waals surface area contributed by atoms with Crippen molar-refractivity contribution >= 4 is 17.2 Å². The number of carbonyl (C=O) groups excluding carboxylic acids is 1. The number of aryl methyl sites for hydroxylation is 2. The molecule has 1 heterocycles. The van der Waals surface area contributed by atoms with Gasteiger partial charge in [-0.15, -0.1) is 11.3 Å². The van der Waals surface area contributed by atoms with Gasteiger partial charge < -0.3 is 5.32 Å². The van der Waals surface area contributed by atoms with Crippen LogP contribution >= 0.6 is 11.3 Å². The van der Waals surface area contributed by atoms with Gasteiger partial charge in [-0.25, -0.2) is 4.98 Å². The Morgan fingerprint density at radius 1 is 1.39 bits per heavy atom. The summed E-state index contributed by atoms with van der Waals surface area (Å²) in [6.45, 7) is 11.3. The van der Waals surface area contributed by atoms with Gasteiger partial charge in [0.1, 0.15) is 4.88 Å². The van der Waals surface area contributed by atoms with Crippen LogP contribution in [-0.2, 0) is 6.42 Å². The fraction of sp³-hybridized carbons (Fsp3) is 0.714. The van der Waals surface area contributed by atoms with Crippen LogP contribution in [0.25, 0.3) is 0 Å². The number of rotatable bonds is 5. The summed E-state index contributed by atoms with van der Waals surface area (Å²) >= 11 is 1.50. The highest BCUT2D eigenvalue weighted by Gasteiger charge is 2.17. The van der Waals surface area contributed by atoms with Crippen LogP contribution in [-0.4, -0.2) is 17.4 Å². The van der Waals surface area contributed by atoms with Crippen molar-refractivity contribution in [2.24, 2.45) is 5.41 Å². The smallest absolute Gasteiger partial charge is 0.263 e. The molecule has 18 heavy (non-hydrogen) atoms. The molecule has 0 unspecified atom stereocenters. The molecule has 0 spiro atoms. The third-order valence-electron chi connectivity index (χ3n) is 2.66. The van der Waals surface area contributed by atoms with E-state index in [1.54, 1.807) is 0 Å². The van der Waals surface area contributed by atoms with E-state index in [-0.39, 0.29) is 11.3 Å². The van der Waals surface area contributed by atoms with Crippen LogP contribution < -0.4 is 5.32 Å². The topological polar surface area (TPSA) is 42.0 Å². The van der Waals surface area contributed by atoms with Crippen molar-refractivity contribution in [3.63, 3.8) is 0 Å². The molecule has 0 fully saturated rings. The van der Waals surface area contributed by atoms with Crippen LogP contribution in [0.15, 0.2) is 0 Å². The lowest BCUT2D eigenvalue weighted by atomic mass is 9.92. The molecule has 0 radical (unpaired) electrons. The lowest BCUT2D eigenvalue weighted by Crippen LogP contribution is -2.27. The Labute approximate surface area is 114 Å². The fourth-order valence-electron chi connectivity index (χ4n) is 1.69. The molecule has 0 aromatic carbocycles. The van der Waals surface area contributed by atoms with E-state index >= 15 is 0 Å². The summed E-state index contributed by atoms with van der Waals surface area (Å²) in [7, 11) is 0. The predicted octanol–water partition coefficient (Wildman–Crippen LogP) is 3.57. The SMILES string of the molecule is CCCc1nc(C)sc1C(=O)NCCC(C)(C)C. The molecule has 0 aliphatic rings. The molecule has 0 aliphatic carbocycles. The highest BCUT2D eigenvalue weighted by atomic mass is 32.1. The third kappa shape index (κ3) is 4.77. The molecule has 1 N–H and O–H groups in total. The van der Waals surface area contributed by atoms with Crippen LogP contribution in [0.3, 0.4) is 0 Å². The Kier molecular flexibility index (Phi) is 5.32. The van der Waals surface area contributed by atoms with Crippen molar-refractivity contribution in [3.8, 4) is 0 Å². The Hall–Kier alpha value is -0.900. The predicted molar refractivity (Wildman–Crippen MR) is 77.3 cm³/mol. The first-order valence-electron chi connectivity index (χ1n) is 6.58. The minimum Gasteiger partial charge on any atom is -0.351 e. The molecular weight excluding hydrogens is 244 g/mol. The van der Waals surface area contributed by atoms with Crippen molar-refractivity contribution in [1.29, 1.82) is 0 Å². The first-order chi connectivity index (χ1) is 8.33. The number of aromatic nitrogens is 1. The van der Waals surface area contributed by atoms with Gasteiger partial charge >= 0.3 is 0 Å². The quantitative estimate of drug-likeness (QED) is 0.887. The monoisotopic (exact) mass is 268 g/mol. The molecule has 4 heteroatoms. The van der Waals surface area contributed by atoms with Gasteiger partial charge in [0.05, 0.1) is 10.7 Å². The van der Waals surface area contributed by atoms with Crippen LogP contribution in [0.1, 0.15) is 60.9 Å². The zero-order chi connectivity index (χ0) is 13.8. The summed E-state index contributed by atoms with van der Waals surface area (Å²) in [6, 6.07) is 0. The van der Waals surface area contributed by atoms with Crippen molar-refractivity contribution in [2.45, 2.75) is 53.9 Å². The van der Waals surface area contributed by atoms with Gasteiger partial charge in [-0.1, -0.05) is 34.1 Å². The summed E-state index contributed by atoms with van der Waals surface area (Å²) in [5.74, 6) is 0.0355. The van der Waals surface area contributed by atoms with Gasteiger partial charge in [0.25, 0.3) is 5.91 Å². The van der Waals surface area contributed by atoms with Gasteiger partial charge in [0.15, 0.2) is 0 Å². The number of hydrogen-bond acceptors (Lipinski definition) is 3. The minimum absolute atomic E-state index is 0.0355. The van der Waals surface area contributed by atoms with E-state index in [1.165, 1.54) is 11.3 Å². The second-order valence-corrected chi connectivity index (χ2v) is 7.03. The molecular formula is C14H24N2OS. The van der Waals surface area contributed by atoms with Gasteiger partial charge in [0, 0.05) is 6.54 Å². The number of thiazole rings is 1. The van der Waals surface area contributed by atoms with Crippen molar-refractivity contribution < 1.29 is 4.79 Å². The Bertz CT molecular complexity index is 404. The van der Waals surface area contributed by atoms with Crippen LogP contribution in [0.2, 0.25) is 0 Å². The van der Waals surface area contributed by atoms with E-state index < -0.39 is 0 Å². The summed E-state index contributed by atoms with van der Waals surface area (Å²) in [4.78, 5) is 17.3. The van der Waals surface area contributed by atoms with Crippen molar-refractivity contribution in [1.82, 2.24) is 10.3 Å². The fourth-order valence-corrected chi connectivity index (χ4v) is 2.57. The van der Waals surface area contributed by atoms with Gasteiger partial charge in [-0.2, -0.15) is 0 Å². The highest BCUT2D eigenvalue weighted by molar-refractivity contribution is 7.13. The van der Waals surface area contributed by atoms with Gasteiger partial charge in [-0.05, 0) is 25.2 Å². The zero-order valence-corrected chi connectivity index (χ0v) is 12.9. The lowest BCUT2D eigenvalue weighted by molar-refractivity contribution is 0.0952. The van der Waals surface area contributed by atoms with E-state index in [0.717, 1.165) is 41.4 Å². The standard InChI is InChI=1S/C14H24N2OS/c1-6-7-11-12(18-10(2)16-11)13(17)15-9-8-14(3,4)5/h6-9H2,1-5H3,(H,15,17). The zero-order valence-electron chi connectivity index (χ0n) is 12.1. The highest BCUT2D eigenvalue weighted by Crippen LogP contribution is 2.20. The molecule has 0 saturated heterocycles. The molecule has 1 amide bonds. The second kappa shape index (κ2) is 6.32. The maximum atomic E-state index is 12.1. The molecule has 1 aromatic rings. The van der Waals surface area contributed by atoms with Gasteiger partial charge in [-0.3, -0.25) is 4.79 Å². The second-order valence-electron chi connectivity index (χ2n) is 5.83. The summed E-state index contributed by atoms with van der Waals surface area (Å²) in [5.41, 5.74) is 1.21. The minimum atomic E-state index is 0.0355. The van der Waals surface area contributed by atoms with Crippen LogP contribution in [0.5, 0.6) is 0 Å². The summed E-state index contributed by atoms with van der Waals surface area (Å²) in [5, 5.41) is 3.97. The molecule has 0 saturated carbocycles. The van der Waals surface area contributed by atoms with E-state index in [4.69, 9.17) is 0 Å². The largest absolute Gasteiger partial charge is 0.351 e. The molecule has 0 bridgehead atoms. The van der Waals surface area contributed by atoms with E-state index in [1.807, 2.05) is 6.92 Å². The molecule has 1 aromatic heterocycles. The van der Waals surface area contributed by atoms with E-state index in [9.17, 15) is 4.79 Å². The molecule has 102 valence electrons. The normalized spacial score (nSPS) is 11.6. The molecule has 0 aliphatic heterocycles. The Balaban J connectivity index is 2.61. The van der Waals surface area contributed by atoms with Crippen LogP contribution in [0.4, 0.5) is 0 Å². The van der Waals surface area contributed by atoms with E-state index in [0.29, 0.717) is 0 Å². The average Bonchev–Trinajstić information content (AvgIpc) is 2.58. The first-order valence-corrected chi connectivity index (χ1v) is 7.39. The molecule has 0 atom stereocenters. The first kappa shape index (κ1) is 15.2. The Morgan fingerprint density at radius 3 is 2.61 bits per heavy atom. The summed E-state index contributed by atoms with van der Waals surface area (Å²) in [6.07, 6.45) is 2.89. The molecule has 1 rings (SSSR count). The molecule has 3 nitrogen and oxygen atoms in total. The third-order valence-corrected chi connectivity index (χ3v) is 3.67. The number of hydrogen-bond donors (Lipinski definition) is 1. The maximum absolute atomic E-state index is 12.1.